The monoisotopic (exact) mass is 523 g/mol. The Morgan fingerprint density at radius 2 is 1.82 bits per heavy atom. The molecule has 8 nitrogen and oxygen atoms in total. The highest BCUT2D eigenvalue weighted by Gasteiger charge is 2.25. The lowest BCUT2D eigenvalue weighted by molar-refractivity contribution is 0.0646. The highest BCUT2D eigenvalue weighted by Crippen LogP contribution is 2.35. The van der Waals surface area contributed by atoms with Crippen molar-refractivity contribution in [2.45, 2.75) is 32.4 Å². The number of benzene rings is 2. The lowest BCUT2D eigenvalue weighted by atomic mass is 10.0. The molecule has 1 atom stereocenters. The van der Waals surface area contributed by atoms with Crippen molar-refractivity contribution in [3.8, 4) is 5.75 Å². The molecule has 0 fully saturated rings. The minimum absolute atomic E-state index is 0.151. The first-order chi connectivity index (χ1) is 16.0. The standard InChI is InChI=1S/C23H24Cl3N5O3/c1-13(23(2,3)33)28-21-27-10-9-19(30-21)31(15-5-7-16(34-4)8-6-15)22(32)29-18-12-14(24)11-17(25)20(18)26/h5-13,33H,1-4H3,(H,29,32)(H,27,28,30)/t13-/m0/s1. The largest absolute Gasteiger partial charge is 0.497 e. The first-order valence-electron chi connectivity index (χ1n) is 10.2. The van der Waals surface area contributed by atoms with Crippen LogP contribution < -0.4 is 20.3 Å². The van der Waals surface area contributed by atoms with Gasteiger partial charge in [0.05, 0.1) is 40.2 Å². The summed E-state index contributed by atoms with van der Waals surface area (Å²) in [6.07, 6.45) is 1.51. The van der Waals surface area contributed by atoms with Crippen molar-refractivity contribution in [3.05, 3.63) is 63.7 Å². The molecule has 11 heteroatoms. The third-order valence-corrected chi connectivity index (χ3v) is 6.06. The first-order valence-corrected chi connectivity index (χ1v) is 11.3. The van der Waals surface area contributed by atoms with Gasteiger partial charge in [-0.25, -0.2) is 14.7 Å². The van der Waals surface area contributed by atoms with E-state index in [4.69, 9.17) is 39.5 Å². The summed E-state index contributed by atoms with van der Waals surface area (Å²) in [6.45, 7) is 5.14. The van der Waals surface area contributed by atoms with Crippen LogP contribution in [0.2, 0.25) is 15.1 Å². The smallest absolute Gasteiger partial charge is 0.332 e. The number of urea groups is 1. The van der Waals surface area contributed by atoms with Gasteiger partial charge in [-0.05, 0) is 57.2 Å². The summed E-state index contributed by atoms with van der Waals surface area (Å²) in [5, 5.41) is 16.7. The summed E-state index contributed by atoms with van der Waals surface area (Å²) >= 11 is 18.5. The fourth-order valence-corrected chi connectivity index (χ4v) is 3.47. The molecule has 2 amide bonds. The zero-order valence-electron chi connectivity index (χ0n) is 18.9. The maximum atomic E-state index is 13.5. The molecule has 180 valence electrons. The highest BCUT2D eigenvalue weighted by molar-refractivity contribution is 6.45. The van der Waals surface area contributed by atoms with E-state index in [0.29, 0.717) is 16.5 Å². The highest BCUT2D eigenvalue weighted by atomic mass is 35.5. The van der Waals surface area contributed by atoms with Crippen LogP contribution >= 0.6 is 34.8 Å². The van der Waals surface area contributed by atoms with Gasteiger partial charge < -0.3 is 20.5 Å². The van der Waals surface area contributed by atoms with Gasteiger partial charge in [0.15, 0.2) is 0 Å². The molecule has 0 aliphatic rings. The van der Waals surface area contributed by atoms with Gasteiger partial charge in [0.1, 0.15) is 11.6 Å². The molecule has 0 unspecified atom stereocenters. The van der Waals surface area contributed by atoms with E-state index >= 15 is 0 Å². The Hall–Kier alpha value is -2.78. The van der Waals surface area contributed by atoms with E-state index in [1.807, 2.05) is 0 Å². The number of aliphatic hydroxyl groups is 1. The van der Waals surface area contributed by atoms with Crippen molar-refractivity contribution in [1.82, 2.24) is 9.97 Å². The number of nitrogens with zero attached hydrogens (tertiary/aromatic N) is 3. The third kappa shape index (κ3) is 6.21. The number of anilines is 4. The number of aromatic nitrogens is 2. The molecule has 0 radical (unpaired) electrons. The van der Waals surface area contributed by atoms with Gasteiger partial charge in [0.25, 0.3) is 0 Å². The zero-order valence-corrected chi connectivity index (χ0v) is 21.2. The number of rotatable bonds is 7. The van der Waals surface area contributed by atoms with Gasteiger partial charge in [0, 0.05) is 17.3 Å². The summed E-state index contributed by atoms with van der Waals surface area (Å²) < 4.78 is 5.22. The average Bonchev–Trinajstić information content (AvgIpc) is 2.77. The quantitative estimate of drug-likeness (QED) is 0.310. The zero-order chi connectivity index (χ0) is 25.0. The number of halogens is 3. The molecule has 0 aliphatic heterocycles. The third-order valence-electron chi connectivity index (χ3n) is 5.04. The van der Waals surface area contributed by atoms with E-state index in [-0.39, 0.29) is 33.5 Å². The van der Waals surface area contributed by atoms with Gasteiger partial charge in [-0.2, -0.15) is 4.98 Å². The fourth-order valence-electron chi connectivity index (χ4n) is 2.82. The normalized spacial score (nSPS) is 12.1. The van der Waals surface area contributed by atoms with Crippen LogP contribution in [0.15, 0.2) is 48.7 Å². The topological polar surface area (TPSA) is 99.6 Å². The van der Waals surface area contributed by atoms with E-state index in [2.05, 4.69) is 20.6 Å². The fraction of sp³-hybridized carbons (Fsp3) is 0.261. The van der Waals surface area contributed by atoms with Crippen LogP contribution in [-0.2, 0) is 0 Å². The summed E-state index contributed by atoms with van der Waals surface area (Å²) in [5.74, 6) is 1.13. The van der Waals surface area contributed by atoms with Crippen LogP contribution in [0.5, 0.6) is 5.75 Å². The molecule has 3 N–H and O–H groups in total. The van der Waals surface area contributed by atoms with Gasteiger partial charge >= 0.3 is 6.03 Å². The SMILES string of the molecule is COc1ccc(N(C(=O)Nc2cc(Cl)cc(Cl)c2Cl)c2ccnc(N[C@@H](C)C(C)(C)O)n2)cc1. The second-order valence-corrected chi connectivity index (χ2v) is 9.19. The van der Waals surface area contributed by atoms with Crippen molar-refractivity contribution in [1.29, 1.82) is 0 Å². The van der Waals surface area contributed by atoms with E-state index in [0.717, 1.165) is 0 Å². The van der Waals surface area contributed by atoms with Crippen molar-refractivity contribution in [3.63, 3.8) is 0 Å². The molecule has 0 saturated heterocycles. The summed E-state index contributed by atoms with van der Waals surface area (Å²) in [5.41, 5.74) is -0.275. The van der Waals surface area contributed by atoms with Crippen molar-refractivity contribution >= 4 is 64.0 Å². The number of hydrogen-bond acceptors (Lipinski definition) is 6. The number of methoxy groups -OCH3 is 1. The van der Waals surface area contributed by atoms with Gasteiger partial charge in [-0.1, -0.05) is 34.8 Å². The lowest BCUT2D eigenvalue weighted by Gasteiger charge is -2.27. The number of nitrogens with one attached hydrogen (secondary N) is 2. The Labute approximate surface area is 212 Å². The number of carbonyl (C=O) groups is 1. The predicted octanol–water partition coefficient (Wildman–Crippen LogP) is 6.39. The van der Waals surface area contributed by atoms with Crippen LogP contribution in [0.25, 0.3) is 0 Å². The molecular formula is C23H24Cl3N5O3. The minimum atomic E-state index is -1.02. The molecule has 2 aromatic carbocycles. The van der Waals surface area contributed by atoms with Crippen LogP contribution in [0.4, 0.5) is 27.9 Å². The molecular weight excluding hydrogens is 501 g/mol. The molecule has 0 saturated carbocycles. The maximum absolute atomic E-state index is 13.5. The van der Waals surface area contributed by atoms with Gasteiger partial charge in [0.2, 0.25) is 5.95 Å². The Bertz CT molecular complexity index is 1170. The van der Waals surface area contributed by atoms with Crippen molar-refractivity contribution in [2.24, 2.45) is 0 Å². The van der Waals surface area contributed by atoms with Crippen molar-refractivity contribution in [2.75, 3.05) is 22.6 Å². The van der Waals surface area contributed by atoms with E-state index in [1.54, 1.807) is 58.2 Å². The van der Waals surface area contributed by atoms with E-state index in [9.17, 15) is 9.90 Å². The number of amides is 2. The van der Waals surface area contributed by atoms with E-state index < -0.39 is 11.6 Å². The van der Waals surface area contributed by atoms with Gasteiger partial charge in [-0.15, -0.1) is 0 Å². The Morgan fingerprint density at radius 3 is 2.44 bits per heavy atom. The van der Waals surface area contributed by atoms with Crippen molar-refractivity contribution < 1.29 is 14.6 Å². The summed E-state index contributed by atoms with van der Waals surface area (Å²) in [7, 11) is 1.55. The van der Waals surface area contributed by atoms with Crippen LogP contribution in [-0.4, -0.2) is 39.9 Å². The Balaban J connectivity index is 2.01. The minimum Gasteiger partial charge on any atom is -0.497 e. The molecule has 0 aliphatic carbocycles. The van der Waals surface area contributed by atoms with Crippen LogP contribution in [0.1, 0.15) is 20.8 Å². The van der Waals surface area contributed by atoms with Gasteiger partial charge in [-0.3, -0.25) is 0 Å². The Kier molecular flexibility index (Phi) is 8.09. The molecule has 0 bridgehead atoms. The maximum Gasteiger partial charge on any atom is 0.332 e. The summed E-state index contributed by atoms with van der Waals surface area (Å²) in [6, 6.07) is 10.5. The molecule has 1 aromatic heterocycles. The lowest BCUT2D eigenvalue weighted by Crippen LogP contribution is -2.40. The average molecular weight is 525 g/mol. The number of ether oxygens (including phenoxy) is 1. The second kappa shape index (κ2) is 10.7. The van der Waals surface area contributed by atoms with Crippen LogP contribution in [0, 0.1) is 0 Å². The molecule has 34 heavy (non-hydrogen) atoms. The second-order valence-electron chi connectivity index (χ2n) is 7.97. The number of hydrogen-bond donors (Lipinski definition) is 3. The summed E-state index contributed by atoms with van der Waals surface area (Å²) in [4.78, 5) is 23.5. The predicted molar refractivity (Wildman–Crippen MR) is 137 cm³/mol. The molecule has 3 aromatic rings. The molecule has 0 spiro atoms. The van der Waals surface area contributed by atoms with E-state index in [1.165, 1.54) is 23.2 Å². The Morgan fingerprint density at radius 1 is 1.15 bits per heavy atom. The first kappa shape index (κ1) is 25.8. The molecule has 1 heterocycles. The van der Waals surface area contributed by atoms with Crippen LogP contribution in [0.3, 0.4) is 0 Å². The molecule has 3 rings (SSSR count). The number of carbonyl (C=O) groups excluding carboxylic acids is 1.